The molecule has 0 saturated heterocycles. The number of fused-ring (bicyclic) bond motifs is 2. The van der Waals surface area contributed by atoms with Crippen LogP contribution in [-0.4, -0.2) is 15.1 Å². The molecule has 0 aliphatic rings. The second-order valence-corrected chi connectivity index (χ2v) is 11.4. The third kappa shape index (κ3) is 5.25. The van der Waals surface area contributed by atoms with Crippen molar-refractivity contribution in [3.63, 3.8) is 0 Å². The molecule has 0 fully saturated rings. The summed E-state index contributed by atoms with van der Waals surface area (Å²) in [5, 5.41) is 11.6. The van der Waals surface area contributed by atoms with Gasteiger partial charge < -0.3 is 9.52 Å². The Hall–Kier alpha value is -4.53. The predicted molar refractivity (Wildman–Crippen MR) is 175 cm³/mol. The van der Waals surface area contributed by atoms with Crippen molar-refractivity contribution in [1.29, 1.82) is 0 Å². The van der Waals surface area contributed by atoms with Gasteiger partial charge in [-0.05, 0) is 66.1 Å². The molecule has 0 unspecified atom stereocenters. The van der Waals surface area contributed by atoms with E-state index in [2.05, 4.69) is 88.4 Å². The van der Waals surface area contributed by atoms with Crippen LogP contribution in [0.15, 0.2) is 108 Å². The molecule has 0 bridgehead atoms. The molecule has 0 spiro atoms. The van der Waals surface area contributed by atoms with Crippen molar-refractivity contribution >= 4 is 22.0 Å². The Kier molecular flexibility index (Phi) is 7.96. The Labute approximate surface area is 271 Å². The van der Waals surface area contributed by atoms with Crippen LogP contribution in [-0.2, 0) is 21.1 Å². The maximum Gasteiger partial charge on any atom is 0.230 e. The van der Waals surface area contributed by atoms with Crippen LogP contribution in [0.4, 0.5) is 0 Å². The molecule has 220 valence electrons. The SMILES string of the molecule is Cc1cccc(C)c1-c1cc(-c2cc(C(C)C)cc3cccnc23)[c-]c(-c2cccc3oc(-c4ccccc4O)nc23)c1.[Pt]. The van der Waals surface area contributed by atoms with E-state index in [0.717, 1.165) is 44.2 Å². The predicted octanol–water partition coefficient (Wildman–Crippen LogP) is 10.3. The van der Waals surface area contributed by atoms with Gasteiger partial charge >= 0.3 is 0 Å². The number of rotatable bonds is 5. The van der Waals surface area contributed by atoms with E-state index in [9.17, 15) is 5.11 Å². The first-order chi connectivity index (χ1) is 20.9. The van der Waals surface area contributed by atoms with Crippen LogP contribution >= 0.6 is 0 Å². The molecule has 0 amide bonds. The van der Waals surface area contributed by atoms with Crippen molar-refractivity contribution in [3.05, 3.63) is 126 Å². The first-order valence-electron chi connectivity index (χ1n) is 14.6. The number of benzene rings is 5. The summed E-state index contributed by atoms with van der Waals surface area (Å²) in [6, 6.07) is 36.3. The van der Waals surface area contributed by atoms with E-state index in [4.69, 9.17) is 14.4 Å². The van der Waals surface area contributed by atoms with Gasteiger partial charge in [0.15, 0.2) is 0 Å². The average molecular weight is 755 g/mol. The molecule has 2 aromatic heterocycles. The van der Waals surface area contributed by atoms with Crippen LogP contribution in [0, 0.1) is 19.9 Å². The van der Waals surface area contributed by atoms with Gasteiger partial charge in [0.2, 0.25) is 5.89 Å². The summed E-state index contributed by atoms with van der Waals surface area (Å²) < 4.78 is 6.17. The molecule has 7 aromatic rings. The molecule has 5 aromatic carbocycles. The average Bonchev–Trinajstić information content (AvgIpc) is 3.45. The van der Waals surface area contributed by atoms with Gasteiger partial charge in [-0.2, -0.15) is 0 Å². The second kappa shape index (κ2) is 11.9. The standard InChI is InChI=1S/C39H31N2O2.Pt/c1-23(2)27-18-26-12-9-17-40-37(26)33(22-27)29-19-28(20-30(21-29)36-24(3)10-7-11-25(36)4)31-14-8-16-35-38(31)41-39(43-35)32-13-5-6-15-34(32)42;/h5-18,20-23,42H,1-4H3;/q-1;. The summed E-state index contributed by atoms with van der Waals surface area (Å²) in [5.74, 6) is 0.874. The number of para-hydroxylation sites is 2. The Balaban J connectivity index is 0.00000343. The summed E-state index contributed by atoms with van der Waals surface area (Å²) in [7, 11) is 0. The Morgan fingerprint density at radius 1 is 0.727 bits per heavy atom. The van der Waals surface area contributed by atoms with Crippen LogP contribution in [0.2, 0.25) is 0 Å². The molecule has 5 heteroatoms. The monoisotopic (exact) mass is 754 g/mol. The molecular weight excluding hydrogens is 724 g/mol. The Morgan fingerprint density at radius 3 is 2.18 bits per heavy atom. The fourth-order valence-corrected chi connectivity index (χ4v) is 5.96. The van der Waals surface area contributed by atoms with E-state index < -0.39 is 0 Å². The normalized spacial score (nSPS) is 11.3. The number of nitrogens with zero attached hydrogens (tertiary/aromatic N) is 2. The molecular formula is C39H31N2O2Pt-. The van der Waals surface area contributed by atoms with Crippen molar-refractivity contribution in [2.75, 3.05) is 0 Å². The zero-order valence-electron chi connectivity index (χ0n) is 25.0. The summed E-state index contributed by atoms with van der Waals surface area (Å²) in [5.41, 5.74) is 12.7. The molecule has 4 nitrogen and oxygen atoms in total. The maximum atomic E-state index is 10.5. The third-order valence-corrected chi connectivity index (χ3v) is 8.17. The third-order valence-electron chi connectivity index (χ3n) is 8.17. The van der Waals surface area contributed by atoms with Gasteiger partial charge in [-0.1, -0.05) is 96.8 Å². The molecule has 0 radical (unpaired) electrons. The summed E-state index contributed by atoms with van der Waals surface area (Å²) >= 11 is 0. The second-order valence-electron chi connectivity index (χ2n) is 11.4. The maximum absolute atomic E-state index is 10.5. The molecule has 0 saturated carbocycles. The molecule has 0 aliphatic heterocycles. The van der Waals surface area contributed by atoms with Gasteiger partial charge in [-0.3, -0.25) is 4.98 Å². The minimum Gasteiger partial charge on any atom is -0.507 e. The van der Waals surface area contributed by atoms with Crippen molar-refractivity contribution in [2.24, 2.45) is 0 Å². The zero-order valence-corrected chi connectivity index (χ0v) is 27.2. The molecule has 2 heterocycles. The molecule has 1 N–H and O–H groups in total. The number of phenolic OH excluding ortho intramolecular Hbond substituents is 1. The Bertz CT molecular complexity index is 2140. The van der Waals surface area contributed by atoms with E-state index in [1.165, 1.54) is 22.3 Å². The number of hydrogen-bond acceptors (Lipinski definition) is 4. The molecule has 44 heavy (non-hydrogen) atoms. The fourth-order valence-electron chi connectivity index (χ4n) is 5.96. The number of aryl methyl sites for hydroxylation is 2. The van der Waals surface area contributed by atoms with Gasteiger partial charge in [0.1, 0.15) is 11.3 Å². The first-order valence-corrected chi connectivity index (χ1v) is 14.6. The van der Waals surface area contributed by atoms with Crippen LogP contribution in [0.1, 0.15) is 36.5 Å². The Morgan fingerprint density at radius 2 is 1.43 bits per heavy atom. The van der Waals surface area contributed by atoms with Crippen molar-refractivity contribution < 1.29 is 30.6 Å². The largest absolute Gasteiger partial charge is 0.507 e. The summed E-state index contributed by atoms with van der Waals surface area (Å²) in [6.45, 7) is 8.76. The van der Waals surface area contributed by atoms with E-state index >= 15 is 0 Å². The number of pyridine rings is 1. The molecule has 0 aliphatic carbocycles. The van der Waals surface area contributed by atoms with Crippen LogP contribution in [0.5, 0.6) is 5.75 Å². The van der Waals surface area contributed by atoms with E-state index in [0.29, 0.717) is 23.0 Å². The molecule has 7 rings (SSSR count). The van der Waals surface area contributed by atoms with Gasteiger partial charge in [-0.25, -0.2) is 4.98 Å². The van der Waals surface area contributed by atoms with E-state index in [-0.39, 0.29) is 26.8 Å². The van der Waals surface area contributed by atoms with Gasteiger partial charge in [0.25, 0.3) is 0 Å². The van der Waals surface area contributed by atoms with Crippen LogP contribution in [0.25, 0.3) is 66.8 Å². The van der Waals surface area contributed by atoms with Crippen LogP contribution in [0.3, 0.4) is 0 Å². The van der Waals surface area contributed by atoms with Crippen molar-refractivity contribution in [2.45, 2.75) is 33.6 Å². The number of aromatic hydroxyl groups is 1. The van der Waals surface area contributed by atoms with Crippen LogP contribution < -0.4 is 0 Å². The van der Waals surface area contributed by atoms with E-state index in [1.54, 1.807) is 12.1 Å². The van der Waals surface area contributed by atoms with E-state index in [1.807, 2.05) is 36.5 Å². The number of hydrogen-bond donors (Lipinski definition) is 1. The number of phenols is 1. The van der Waals surface area contributed by atoms with Crippen molar-refractivity contribution in [3.8, 4) is 50.6 Å². The first kappa shape index (κ1) is 29.5. The fraction of sp³-hybridized carbons (Fsp3) is 0.128. The quantitative estimate of drug-likeness (QED) is 0.178. The summed E-state index contributed by atoms with van der Waals surface area (Å²) in [6.07, 6.45) is 1.85. The minimum absolute atomic E-state index is 0. The summed E-state index contributed by atoms with van der Waals surface area (Å²) in [4.78, 5) is 9.71. The zero-order chi connectivity index (χ0) is 29.7. The van der Waals surface area contributed by atoms with Gasteiger partial charge in [0, 0.05) is 32.8 Å². The number of aromatic nitrogens is 2. The minimum atomic E-state index is 0. The smallest absolute Gasteiger partial charge is 0.230 e. The topological polar surface area (TPSA) is 59.2 Å². The van der Waals surface area contributed by atoms with Gasteiger partial charge in [-0.15, -0.1) is 29.3 Å². The van der Waals surface area contributed by atoms with Crippen molar-refractivity contribution in [1.82, 2.24) is 9.97 Å². The number of oxazole rings is 1. The molecule has 0 atom stereocenters. The van der Waals surface area contributed by atoms with Gasteiger partial charge in [0.05, 0.1) is 11.1 Å².